The van der Waals surface area contributed by atoms with Crippen LogP contribution in [0.5, 0.6) is 0 Å². The van der Waals surface area contributed by atoms with Crippen molar-refractivity contribution in [2.75, 3.05) is 13.1 Å². The summed E-state index contributed by atoms with van der Waals surface area (Å²) >= 11 is 1.34. The van der Waals surface area contributed by atoms with Crippen molar-refractivity contribution in [2.45, 2.75) is 19.4 Å². The molecule has 1 aliphatic heterocycles. The first kappa shape index (κ1) is 13.3. The maximum absolute atomic E-state index is 10.8. The highest BCUT2D eigenvalue weighted by atomic mass is 32.1. The number of thiazole rings is 1. The van der Waals surface area contributed by atoms with Crippen molar-refractivity contribution in [2.24, 2.45) is 0 Å². The Labute approximate surface area is 121 Å². The lowest BCUT2D eigenvalue weighted by Crippen LogP contribution is -3.08. The Morgan fingerprint density at radius 2 is 2.15 bits per heavy atom. The number of benzene rings is 1. The lowest BCUT2D eigenvalue weighted by Gasteiger charge is -2.12. The molecule has 2 aromatic rings. The number of quaternary nitrogens is 1. The Bertz CT molecular complexity index is 618. The summed E-state index contributed by atoms with van der Waals surface area (Å²) in [5, 5.41) is 13.0. The van der Waals surface area contributed by atoms with E-state index in [0.29, 0.717) is 0 Å². The molecule has 104 valence electrons. The minimum atomic E-state index is -1.22. The van der Waals surface area contributed by atoms with Crippen LogP contribution in [0.4, 0.5) is 0 Å². The summed E-state index contributed by atoms with van der Waals surface area (Å²) in [5.74, 6) is -1.22. The predicted molar refractivity (Wildman–Crippen MR) is 75.5 cm³/mol. The van der Waals surface area contributed by atoms with Crippen molar-refractivity contribution in [1.29, 1.82) is 0 Å². The maximum Gasteiger partial charge on any atom is 0.124 e. The number of carbonyl (C=O) groups excluding carboxylic acids is 1. The maximum atomic E-state index is 10.8. The van der Waals surface area contributed by atoms with E-state index in [1.807, 2.05) is 12.1 Å². The highest BCUT2D eigenvalue weighted by Gasteiger charge is 2.16. The lowest BCUT2D eigenvalue weighted by molar-refractivity contribution is -0.901. The summed E-state index contributed by atoms with van der Waals surface area (Å²) in [6.45, 7) is 3.53. The fourth-order valence-electron chi connectivity index (χ4n) is 2.65. The zero-order chi connectivity index (χ0) is 13.9. The van der Waals surface area contributed by atoms with Crippen molar-refractivity contribution in [1.82, 2.24) is 4.98 Å². The Morgan fingerprint density at radius 1 is 1.35 bits per heavy atom. The molecule has 2 heterocycles. The Morgan fingerprint density at radius 3 is 2.85 bits per heavy atom. The van der Waals surface area contributed by atoms with Gasteiger partial charge in [0.25, 0.3) is 0 Å². The number of nitrogens with zero attached hydrogens (tertiary/aromatic N) is 1. The monoisotopic (exact) mass is 288 g/mol. The number of aromatic carboxylic acids is 1. The molecule has 5 heteroatoms. The van der Waals surface area contributed by atoms with Gasteiger partial charge >= 0.3 is 0 Å². The molecule has 1 N–H and O–H groups in total. The van der Waals surface area contributed by atoms with E-state index < -0.39 is 5.97 Å². The second kappa shape index (κ2) is 5.73. The number of carboxylic acids is 1. The SMILES string of the molecule is O=C([O-])c1csc(-c2cccc(C[NH+]3CCCC3)c2)n1. The minimum Gasteiger partial charge on any atom is -0.543 e. The molecule has 1 aromatic heterocycles. The summed E-state index contributed by atoms with van der Waals surface area (Å²) in [6.07, 6.45) is 2.63. The third-order valence-corrected chi connectivity index (χ3v) is 4.54. The zero-order valence-corrected chi connectivity index (χ0v) is 11.9. The quantitative estimate of drug-likeness (QED) is 0.883. The van der Waals surface area contributed by atoms with Gasteiger partial charge in [-0.25, -0.2) is 4.98 Å². The van der Waals surface area contributed by atoms with Crippen molar-refractivity contribution >= 4 is 17.3 Å². The number of likely N-dealkylation sites (tertiary alicyclic amines) is 1. The molecule has 0 spiro atoms. The highest BCUT2D eigenvalue weighted by Crippen LogP contribution is 2.24. The van der Waals surface area contributed by atoms with Crippen LogP contribution in [0.1, 0.15) is 28.9 Å². The molecule has 0 unspecified atom stereocenters. The second-order valence-electron chi connectivity index (χ2n) is 5.16. The molecule has 0 atom stereocenters. The molecule has 0 radical (unpaired) electrons. The molecular formula is C15H16N2O2S. The Balaban J connectivity index is 1.80. The fraction of sp³-hybridized carbons (Fsp3) is 0.333. The largest absolute Gasteiger partial charge is 0.543 e. The van der Waals surface area contributed by atoms with E-state index in [0.717, 1.165) is 17.1 Å². The van der Waals surface area contributed by atoms with Gasteiger partial charge < -0.3 is 14.8 Å². The summed E-state index contributed by atoms with van der Waals surface area (Å²) in [4.78, 5) is 16.5. The number of hydrogen-bond acceptors (Lipinski definition) is 4. The summed E-state index contributed by atoms with van der Waals surface area (Å²) in [5.41, 5.74) is 2.28. The van der Waals surface area contributed by atoms with Crippen molar-refractivity contribution in [3.05, 3.63) is 40.9 Å². The number of hydrogen-bond donors (Lipinski definition) is 1. The number of rotatable bonds is 4. The second-order valence-corrected chi connectivity index (χ2v) is 6.02. The van der Waals surface area contributed by atoms with E-state index in [2.05, 4.69) is 17.1 Å². The number of carboxylic acid groups (broad SMARTS) is 1. The van der Waals surface area contributed by atoms with E-state index in [9.17, 15) is 9.90 Å². The van der Waals surface area contributed by atoms with Crippen LogP contribution in [0, 0.1) is 0 Å². The van der Waals surface area contributed by atoms with Gasteiger partial charge in [-0.15, -0.1) is 11.3 Å². The van der Waals surface area contributed by atoms with Gasteiger partial charge in [0.1, 0.15) is 11.6 Å². The van der Waals surface area contributed by atoms with E-state index >= 15 is 0 Å². The van der Waals surface area contributed by atoms with Gasteiger partial charge in [-0.3, -0.25) is 0 Å². The Hall–Kier alpha value is -1.72. The number of aromatic nitrogens is 1. The standard InChI is InChI=1S/C15H16N2O2S/c18-15(19)13-10-20-14(16-13)12-5-3-4-11(8-12)9-17-6-1-2-7-17/h3-5,8,10H,1-2,6-7,9H2,(H,18,19). The van der Waals surface area contributed by atoms with Crippen LogP contribution < -0.4 is 10.0 Å². The molecular weight excluding hydrogens is 272 g/mol. The van der Waals surface area contributed by atoms with Gasteiger partial charge in [0, 0.05) is 29.3 Å². The van der Waals surface area contributed by atoms with Crippen LogP contribution in [0.25, 0.3) is 10.6 Å². The summed E-state index contributed by atoms with van der Waals surface area (Å²) in [7, 11) is 0. The van der Waals surface area contributed by atoms with Gasteiger partial charge in [-0.05, 0) is 6.07 Å². The predicted octanol–water partition coefficient (Wildman–Crippen LogP) is 0.352. The third-order valence-electron chi connectivity index (χ3n) is 3.65. The van der Waals surface area contributed by atoms with E-state index in [4.69, 9.17) is 0 Å². The van der Waals surface area contributed by atoms with Crippen LogP contribution in [0.2, 0.25) is 0 Å². The zero-order valence-electron chi connectivity index (χ0n) is 11.1. The average molecular weight is 288 g/mol. The molecule has 0 aliphatic carbocycles. The molecule has 4 nitrogen and oxygen atoms in total. The molecule has 0 bridgehead atoms. The molecule has 1 aromatic carbocycles. The van der Waals surface area contributed by atoms with E-state index in [1.165, 1.54) is 48.2 Å². The van der Waals surface area contributed by atoms with Gasteiger partial charge in [-0.1, -0.05) is 18.2 Å². The highest BCUT2D eigenvalue weighted by molar-refractivity contribution is 7.13. The van der Waals surface area contributed by atoms with Crippen LogP contribution in [-0.2, 0) is 6.54 Å². The van der Waals surface area contributed by atoms with Crippen LogP contribution in [-0.4, -0.2) is 24.0 Å². The van der Waals surface area contributed by atoms with Crippen molar-refractivity contribution in [3.63, 3.8) is 0 Å². The average Bonchev–Trinajstić information content (AvgIpc) is 3.09. The van der Waals surface area contributed by atoms with Crippen LogP contribution in [0.15, 0.2) is 29.6 Å². The van der Waals surface area contributed by atoms with Crippen molar-refractivity contribution in [3.8, 4) is 10.6 Å². The smallest absolute Gasteiger partial charge is 0.124 e. The summed E-state index contributed by atoms with van der Waals surface area (Å²) in [6, 6.07) is 8.23. The van der Waals surface area contributed by atoms with Crippen LogP contribution in [0.3, 0.4) is 0 Å². The first-order valence-corrected chi connectivity index (χ1v) is 7.70. The van der Waals surface area contributed by atoms with Crippen molar-refractivity contribution < 1.29 is 14.8 Å². The topological polar surface area (TPSA) is 57.5 Å². The molecule has 0 amide bonds. The number of nitrogens with one attached hydrogen (secondary N) is 1. The van der Waals surface area contributed by atoms with E-state index in [-0.39, 0.29) is 5.69 Å². The molecule has 1 saturated heterocycles. The molecule has 1 fully saturated rings. The molecule has 0 saturated carbocycles. The van der Waals surface area contributed by atoms with Gasteiger partial charge in [0.15, 0.2) is 0 Å². The van der Waals surface area contributed by atoms with Gasteiger partial charge in [-0.2, -0.15) is 0 Å². The van der Waals surface area contributed by atoms with Gasteiger partial charge in [0.2, 0.25) is 0 Å². The molecule has 3 rings (SSSR count). The summed E-state index contributed by atoms with van der Waals surface area (Å²) < 4.78 is 0. The molecule has 20 heavy (non-hydrogen) atoms. The first-order chi connectivity index (χ1) is 9.72. The fourth-order valence-corrected chi connectivity index (χ4v) is 3.44. The normalized spacial score (nSPS) is 15.6. The minimum absolute atomic E-state index is 0.0144. The van der Waals surface area contributed by atoms with E-state index in [1.54, 1.807) is 4.90 Å². The molecule has 1 aliphatic rings. The Kier molecular flexibility index (Phi) is 3.80. The lowest BCUT2D eigenvalue weighted by atomic mass is 10.1. The third kappa shape index (κ3) is 2.89. The number of carbonyl (C=O) groups is 1. The van der Waals surface area contributed by atoms with Gasteiger partial charge in [0.05, 0.1) is 24.8 Å². The first-order valence-electron chi connectivity index (χ1n) is 6.82. The van der Waals surface area contributed by atoms with Crippen LogP contribution >= 0.6 is 11.3 Å².